The molecule has 1 aliphatic carbocycles. The Kier molecular flexibility index (Phi) is 9.79. The molecule has 2 aromatic heterocycles. The van der Waals surface area contributed by atoms with Gasteiger partial charge in [-0.1, -0.05) is 91.0 Å². The van der Waals surface area contributed by atoms with Crippen molar-refractivity contribution in [2.24, 2.45) is 5.92 Å². The van der Waals surface area contributed by atoms with Crippen molar-refractivity contribution in [2.75, 3.05) is 11.9 Å². The zero-order valence-corrected chi connectivity index (χ0v) is 28.5. The van der Waals surface area contributed by atoms with E-state index in [1.807, 2.05) is 48.5 Å². The number of carbonyl (C=O) groups is 2. The van der Waals surface area contributed by atoms with Gasteiger partial charge in [0, 0.05) is 31.3 Å². The summed E-state index contributed by atoms with van der Waals surface area (Å²) in [5.74, 6) is -0.0475. The Balaban J connectivity index is 1.09. The fraction of sp³-hybridized carbons (Fsp3) is 0.225. The molecule has 6 aromatic rings. The molecule has 0 bridgehead atoms. The first kappa shape index (κ1) is 34.2. The van der Waals surface area contributed by atoms with Crippen LogP contribution in [0.4, 0.5) is 14.9 Å². The fourth-order valence-corrected chi connectivity index (χ4v) is 6.13. The number of nitrogens with one attached hydrogen (secondary N) is 2. The largest absolute Gasteiger partial charge is 0.445 e. The van der Waals surface area contributed by atoms with Gasteiger partial charge in [0.15, 0.2) is 5.65 Å². The molecule has 2 amide bonds. The van der Waals surface area contributed by atoms with Crippen molar-refractivity contribution < 1.29 is 18.7 Å². The molecule has 0 spiro atoms. The van der Waals surface area contributed by atoms with Crippen molar-refractivity contribution in [3.8, 4) is 0 Å². The lowest BCUT2D eigenvalue weighted by molar-refractivity contribution is -0.120. The number of rotatable bonds is 12. The number of anilines is 1. The van der Waals surface area contributed by atoms with Gasteiger partial charge in [-0.3, -0.25) is 18.7 Å². The summed E-state index contributed by atoms with van der Waals surface area (Å²) in [6, 6.07) is 30.6. The highest BCUT2D eigenvalue weighted by atomic mass is 19.1. The van der Waals surface area contributed by atoms with Crippen LogP contribution in [0.5, 0.6) is 0 Å². The smallest absolute Gasteiger partial charge is 0.408 e. The Labute approximate surface area is 298 Å². The monoisotopic (exact) mass is 700 g/mol. The molecule has 0 aliphatic heterocycles. The number of fused-ring (bicyclic) bond motifs is 1. The van der Waals surface area contributed by atoms with Crippen LogP contribution in [0.25, 0.3) is 11.2 Å². The van der Waals surface area contributed by atoms with Crippen molar-refractivity contribution in [1.82, 2.24) is 24.4 Å². The molecule has 1 fully saturated rings. The average Bonchev–Trinajstić information content (AvgIpc) is 3.90. The minimum absolute atomic E-state index is 0.0628. The molecule has 2 N–H and O–H groups in total. The molecule has 52 heavy (non-hydrogen) atoms. The van der Waals surface area contributed by atoms with Crippen LogP contribution in [-0.2, 0) is 35.6 Å². The minimum Gasteiger partial charge on any atom is -0.445 e. The summed E-state index contributed by atoms with van der Waals surface area (Å²) in [4.78, 5) is 63.1. The number of aromatic amines is 1. The van der Waals surface area contributed by atoms with Crippen LogP contribution in [0.1, 0.15) is 47.0 Å². The van der Waals surface area contributed by atoms with Crippen molar-refractivity contribution in [3.63, 3.8) is 0 Å². The quantitative estimate of drug-likeness (QED) is 0.168. The lowest BCUT2D eigenvalue weighted by atomic mass is 10.1. The molecule has 4 aromatic carbocycles. The highest BCUT2D eigenvalue weighted by Gasteiger charge is 2.28. The van der Waals surface area contributed by atoms with E-state index in [0.717, 1.165) is 28.5 Å². The van der Waals surface area contributed by atoms with Crippen LogP contribution >= 0.6 is 0 Å². The van der Waals surface area contributed by atoms with Crippen molar-refractivity contribution in [1.29, 1.82) is 0 Å². The van der Waals surface area contributed by atoms with Gasteiger partial charge in [-0.2, -0.15) is 0 Å². The maximum absolute atomic E-state index is 14.5. The third kappa shape index (κ3) is 7.55. The van der Waals surface area contributed by atoms with Gasteiger partial charge in [0.05, 0.1) is 6.54 Å². The van der Waals surface area contributed by atoms with Gasteiger partial charge < -0.3 is 19.9 Å². The third-order valence-corrected chi connectivity index (χ3v) is 9.21. The molecule has 0 radical (unpaired) electrons. The highest BCUT2D eigenvalue weighted by Crippen LogP contribution is 2.31. The Morgan fingerprint density at radius 2 is 1.58 bits per heavy atom. The van der Waals surface area contributed by atoms with E-state index >= 15 is 0 Å². The van der Waals surface area contributed by atoms with E-state index in [1.165, 1.54) is 15.5 Å². The first-order valence-corrected chi connectivity index (χ1v) is 17.1. The van der Waals surface area contributed by atoms with Gasteiger partial charge >= 0.3 is 11.8 Å². The van der Waals surface area contributed by atoms with E-state index < -0.39 is 29.2 Å². The normalized spacial score (nSPS) is 13.1. The molecule has 11 nitrogen and oxygen atoms in total. The molecule has 0 saturated heterocycles. The van der Waals surface area contributed by atoms with Gasteiger partial charge in [-0.15, -0.1) is 0 Å². The minimum atomic E-state index is -1.000. The molecule has 2 heterocycles. The second kappa shape index (κ2) is 14.9. The van der Waals surface area contributed by atoms with Crippen LogP contribution in [0.2, 0.25) is 0 Å². The van der Waals surface area contributed by atoms with Gasteiger partial charge in [-0.05, 0) is 53.6 Å². The molecule has 1 saturated carbocycles. The van der Waals surface area contributed by atoms with Gasteiger partial charge in [-0.25, -0.2) is 19.0 Å². The number of hydrogen-bond donors (Lipinski definition) is 2. The van der Waals surface area contributed by atoms with Crippen LogP contribution in [0.3, 0.4) is 0 Å². The highest BCUT2D eigenvalue weighted by molar-refractivity contribution is 5.99. The van der Waals surface area contributed by atoms with E-state index in [4.69, 9.17) is 4.74 Å². The van der Waals surface area contributed by atoms with Gasteiger partial charge in [0.25, 0.3) is 11.5 Å². The predicted octanol–water partition coefficient (Wildman–Crippen LogP) is 5.71. The number of H-pyrrole nitrogens is 1. The number of aromatic nitrogens is 4. The standard InChI is InChI=1S/C40H37FN6O5/c1-45(37(48)34(29-12-6-3-7-13-29)44-39(50)52-25-28-10-4-2-5-11-28)31-20-18-26(19-21-31)22-33-42-35-36(43-33)46(23-27-16-17-27)40(51)47(38(35)49)24-30-14-8-9-15-32(30)41/h2-15,18-21,27,34H,16-17,22-25H2,1H3,(H,42,43)(H,44,50). The van der Waals surface area contributed by atoms with Gasteiger partial charge in [0.1, 0.15) is 29.8 Å². The maximum atomic E-state index is 14.5. The number of hydrogen-bond acceptors (Lipinski definition) is 6. The maximum Gasteiger partial charge on any atom is 0.408 e. The lowest BCUT2D eigenvalue weighted by Gasteiger charge is -2.25. The number of likely N-dealkylation sites (N-methyl/N-ethyl adjacent to an activating group) is 1. The predicted molar refractivity (Wildman–Crippen MR) is 194 cm³/mol. The lowest BCUT2D eigenvalue weighted by Crippen LogP contribution is -2.41. The fourth-order valence-electron chi connectivity index (χ4n) is 6.13. The van der Waals surface area contributed by atoms with E-state index in [2.05, 4.69) is 15.3 Å². The van der Waals surface area contributed by atoms with Crippen LogP contribution in [0, 0.1) is 11.7 Å². The number of ether oxygens (including phenoxy) is 1. The van der Waals surface area contributed by atoms with Crippen LogP contribution in [0.15, 0.2) is 119 Å². The van der Waals surface area contributed by atoms with E-state index in [9.17, 15) is 23.6 Å². The second-order valence-electron chi connectivity index (χ2n) is 13.0. The molecule has 12 heteroatoms. The molecular formula is C40H37FN6O5. The Morgan fingerprint density at radius 3 is 2.27 bits per heavy atom. The summed E-state index contributed by atoms with van der Waals surface area (Å²) in [6.45, 7) is 0.297. The molecule has 1 unspecified atom stereocenters. The SMILES string of the molecule is CN(C(=O)C(NC(=O)OCc1ccccc1)c1ccccc1)c1ccc(Cc2nc3c([nH]2)c(=O)n(Cc2ccccc2F)c(=O)n3CC2CC2)cc1. The summed E-state index contributed by atoms with van der Waals surface area (Å²) in [5, 5.41) is 2.72. The summed E-state index contributed by atoms with van der Waals surface area (Å²) < 4.78 is 22.5. The number of nitrogens with zero attached hydrogens (tertiary/aromatic N) is 4. The summed E-state index contributed by atoms with van der Waals surface area (Å²) in [6.07, 6.45) is 1.57. The van der Waals surface area contributed by atoms with E-state index in [-0.39, 0.29) is 35.8 Å². The van der Waals surface area contributed by atoms with E-state index in [1.54, 1.807) is 61.6 Å². The number of benzene rings is 4. The molecule has 1 atom stereocenters. The van der Waals surface area contributed by atoms with Gasteiger partial charge in [0.2, 0.25) is 0 Å². The summed E-state index contributed by atoms with van der Waals surface area (Å²) in [5.41, 5.74) is 2.50. The first-order chi connectivity index (χ1) is 25.2. The van der Waals surface area contributed by atoms with E-state index in [0.29, 0.717) is 36.0 Å². The average molecular weight is 701 g/mol. The number of alkyl carbamates (subject to hydrolysis) is 1. The van der Waals surface area contributed by atoms with Crippen LogP contribution in [-0.4, -0.2) is 38.2 Å². The zero-order valence-electron chi connectivity index (χ0n) is 28.5. The number of amides is 2. The summed E-state index contributed by atoms with van der Waals surface area (Å²) >= 11 is 0. The summed E-state index contributed by atoms with van der Waals surface area (Å²) in [7, 11) is 1.63. The molecule has 1 aliphatic rings. The second-order valence-corrected chi connectivity index (χ2v) is 13.0. The van der Waals surface area contributed by atoms with Crippen molar-refractivity contribution in [3.05, 3.63) is 164 Å². The Hall–Kier alpha value is -6.30. The molecular weight excluding hydrogens is 663 g/mol. The number of halogens is 1. The Bertz CT molecular complexity index is 2330. The topological polar surface area (TPSA) is 131 Å². The number of imidazole rings is 1. The third-order valence-electron chi connectivity index (χ3n) is 9.21. The van der Waals surface area contributed by atoms with Crippen LogP contribution < -0.4 is 21.5 Å². The van der Waals surface area contributed by atoms with Crippen molar-refractivity contribution in [2.45, 2.75) is 45.0 Å². The Morgan fingerprint density at radius 1 is 0.904 bits per heavy atom. The zero-order chi connectivity index (χ0) is 36.2. The first-order valence-electron chi connectivity index (χ1n) is 17.1. The van der Waals surface area contributed by atoms with Crippen molar-refractivity contribution >= 4 is 28.9 Å². The molecule has 7 rings (SSSR count). The number of carbonyl (C=O) groups excluding carboxylic acids is 2. The molecule has 264 valence electrons.